The maximum absolute atomic E-state index is 11.8. The lowest BCUT2D eigenvalue weighted by Crippen LogP contribution is -2.36. The van der Waals surface area contributed by atoms with Crippen molar-refractivity contribution in [2.45, 2.75) is 25.3 Å². The maximum atomic E-state index is 11.8. The van der Waals surface area contributed by atoms with Gasteiger partial charge < -0.3 is 5.73 Å². The molecule has 92 valence electrons. The zero-order valence-corrected chi connectivity index (χ0v) is 9.93. The van der Waals surface area contributed by atoms with Gasteiger partial charge in [-0.2, -0.15) is 0 Å². The largest absolute Gasteiger partial charge is 0.399 e. The number of benzene rings is 1. The van der Waals surface area contributed by atoms with Gasteiger partial charge in [0.1, 0.15) is 0 Å². The Bertz CT molecular complexity index is 545. The summed E-state index contributed by atoms with van der Waals surface area (Å²) in [5, 5.41) is 0. The van der Waals surface area contributed by atoms with E-state index in [9.17, 15) is 9.59 Å². The van der Waals surface area contributed by atoms with Crippen molar-refractivity contribution in [2.24, 2.45) is 0 Å². The molecule has 0 radical (unpaired) electrons. The third-order valence-corrected chi connectivity index (χ3v) is 3.60. The number of nitrogens with zero attached hydrogens (tertiary/aromatic N) is 1. The second-order valence-electron chi connectivity index (χ2n) is 4.75. The number of imide groups is 1. The number of fused-ring (bicyclic) bond motifs is 1. The predicted molar refractivity (Wildman–Crippen MR) is 67.5 cm³/mol. The summed E-state index contributed by atoms with van der Waals surface area (Å²) in [4.78, 5) is 24.9. The van der Waals surface area contributed by atoms with Crippen LogP contribution >= 0.6 is 0 Å². The van der Waals surface area contributed by atoms with E-state index in [0.29, 0.717) is 0 Å². The van der Waals surface area contributed by atoms with Crippen LogP contribution in [0.5, 0.6) is 0 Å². The number of hydrogen-bond donors (Lipinski definition) is 1. The van der Waals surface area contributed by atoms with E-state index in [2.05, 4.69) is 0 Å². The molecule has 1 aromatic carbocycles. The molecule has 2 N–H and O–H groups in total. The van der Waals surface area contributed by atoms with Gasteiger partial charge in [-0.15, -0.1) is 0 Å². The van der Waals surface area contributed by atoms with Crippen LogP contribution in [0.15, 0.2) is 30.4 Å². The number of anilines is 1. The minimum Gasteiger partial charge on any atom is -0.399 e. The molecule has 0 bridgehead atoms. The van der Waals surface area contributed by atoms with Gasteiger partial charge in [-0.25, -0.2) is 0 Å². The fourth-order valence-corrected chi connectivity index (χ4v) is 2.80. The molecule has 4 nitrogen and oxygen atoms in total. The van der Waals surface area contributed by atoms with E-state index < -0.39 is 0 Å². The highest BCUT2D eigenvalue weighted by Crippen LogP contribution is 2.36. The van der Waals surface area contributed by atoms with Gasteiger partial charge in [0.15, 0.2) is 0 Å². The lowest BCUT2D eigenvalue weighted by Gasteiger charge is -2.31. The predicted octanol–water partition coefficient (Wildman–Crippen LogP) is 1.57. The normalized spacial score (nSPS) is 22.4. The van der Waals surface area contributed by atoms with Crippen molar-refractivity contribution in [3.8, 4) is 0 Å². The summed E-state index contributed by atoms with van der Waals surface area (Å²) in [5.41, 5.74) is 8.71. The number of hydrogen-bond acceptors (Lipinski definition) is 3. The Morgan fingerprint density at radius 1 is 1.17 bits per heavy atom. The van der Waals surface area contributed by atoms with Crippen molar-refractivity contribution >= 4 is 17.5 Å². The summed E-state index contributed by atoms with van der Waals surface area (Å²) in [6, 6.07) is 5.58. The summed E-state index contributed by atoms with van der Waals surface area (Å²) in [5.74, 6) is -0.427. The van der Waals surface area contributed by atoms with E-state index in [-0.39, 0.29) is 17.9 Å². The Morgan fingerprint density at radius 3 is 2.61 bits per heavy atom. The average Bonchev–Trinajstić information content (AvgIpc) is 2.68. The molecule has 2 aliphatic rings. The molecule has 0 saturated carbocycles. The smallest absolute Gasteiger partial charge is 0.254 e. The zero-order valence-electron chi connectivity index (χ0n) is 9.93. The first kappa shape index (κ1) is 11.0. The number of carbonyl (C=O) groups is 2. The number of nitrogens with two attached hydrogens (primary N) is 1. The summed E-state index contributed by atoms with van der Waals surface area (Å²) >= 11 is 0. The molecule has 3 rings (SSSR count). The van der Waals surface area contributed by atoms with Crippen LogP contribution in [-0.2, 0) is 16.0 Å². The number of rotatable bonds is 1. The lowest BCUT2D eigenvalue weighted by molar-refractivity contribution is -0.140. The number of amides is 2. The fourth-order valence-electron chi connectivity index (χ4n) is 2.80. The molecule has 1 aliphatic carbocycles. The van der Waals surface area contributed by atoms with Crippen molar-refractivity contribution in [3.05, 3.63) is 41.5 Å². The van der Waals surface area contributed by atoms with Crippen molar-refractivity contribution in [3.63, 3.8) is 0 Å². The Morgan fingerprint density at radius 2 is 1.89 bits per heavy atom. The molecular formula is C14H14N2O2. The maximum Gasteiger partial charge on any atom is 0.254 e. The van der Waals surface area contributed by atoms with Gasteiger partial charge in [0.25, 0.3) is 11.8 Å². The molecule has 0 saturated heterocycles. The minimum absolute atomic E-state index is 0.135. The highest BCUT2D eigenvalue weighted by molar-refractivity contribution is 6.13. The minimum atomic E-state index is -0.213. The third-order valence-electron chi connectivity index (χ3n) is 3.60. The molecule has 0 fully saturated rings. The van der Waals surface area contributed by atoms with Crippen LogP contribution in [0.1, 0.15) is 30.0 Å². The van der Waals surface area contributed by atoms with Crippen LogP contribution in [0.25, 0.3) is 0 Å². The zero-order chi connectivity index (χ0) is 12.7. The van der Waals surface area contributed by atoms with Gasteiger partial charge in [-0.1, -0.05) is 6.07 Å². The molecule has 1 atom stereocenters. The second kappa shape index (κ2) is 3.98. The fraction of sp³-hybridized carbons (Fsp3) is 0.286. The number of carbonyl (C=O) groups excluding carboxylic acids is 2. The number of nitrogen functional groups attached to an aromatic ring is 1. The van der Waals surface area contributed by atoms with E-state index in [1.165, 1.54) is 17.1 Å². The van der Waals surface area contributed by atoms with Gasteiger partial charge in [-0.3, -0.25) is 14.5 Å². The average molecular weight is 242 g/mol. The highest BCUT2D eigenvalue weighted by atomic mass is 16.2. The van der Waals surface area contributed by atoms with Gasteiger partial charge >= 0.3 is 0 Å². The van der Waals surface area contributed by atoms with E-state index >= 15 is 0 Å². The van der Waals surface area contributed by atoms with Crippen molar-refractivity contribution in [2.75, 3.05) is 5.73 Å². The number of aryl methyl sites for hydroxylation is 1. The molecule has 0 spiro atoms. The highest BCUT2D eigenvalue weighted by Gasteiger charge is 2.34. The Labute approximate surface area is 105 Å². The molecule has 2 amide bonds. The molecule has 1 aromatic rings. The Kier molecular flexibility index (Phi) is 2.44. The summed E-state index contributed by atoms with van der Waals surface area (Å²) in [7, 11) is 0. The van der Waals surface area contributed by atoms with Crippen molar-refractivity contribution in [1.29, 1.82) is 0 Å². The first-order valence-corrected chi connectivity index (χ1v) is 6.10. The topological polar surface area (TPSA) is 63.4 Å². The molecule has 1 unspecified atom stereocenters. The second-order valence-corrected chi connectivity index (χ2v) is 4.75. The Hall–Kier alpha value is -2.10. The van der Waals surface area contributed by atoms with Gasteiger partial charge in [0, 0.05) is 17.8 Å². The quantitative estimate of drug-likeness (QED) is 0.600. The summed E-state index contributed by atoms with van der Waals surface area (Å²) in [6.45, 7) is 0. The van der Waals surface area contributed by atoms with Gasteiger partial charge in [0.05, 0.1) is 6.04 Å². The molecule has 18 heavy (non-hydrogen) atoms. The van der Waals surface area contributed by atoms with E-state index in [4.69, 9.17) is 5.73 Å². The van der Waals surface area contributed by atoms with E-state index in [1.807, 2.05) is 18.2 Å². The van der Waals surface area contributed by atoms with E-state index in [0.717, 1.165) is 36.1 Å². The van der Waals surface area contributed by atoms with Gasteiger partial charge in [0.2, 0.25) is 0 Å². The SMILES string of the molecule is Nc1ccc2c(c1)CCCC2N1C(=O)C=CC1=O. The van der Waals surface area contributed by atoms with Crippen LogP contribution in [0.2, 0.25) is 0 Å². The standard InChI is InChI=1S/C14H14N2O2/c15-10-4-5-11-9(8-10)2-1-3-12(11)16-13(17)6-7-14(16)18/h4-8,12H,1-3,15H2. The third kappa shape index (κ3) is 1.61. The van der Waals surface area contributed by atoms with Crippen molar-refractivity contribution in [1.82, 2.24) is 4.90 Å². The lowest BCUT2D eigenvalue weighted by atomic mass is 9.86. The van der Waals surface area contributed by atoms with Crippen LogP contribution in [0, 0.1) is 0 Å². The first-order chi connectivity index (χ1) is 8.66. The molecule has 1 heterocycles. The molecule has 1 aliphatic heterocycles. The van der Waals surface area contributed by atoms with Crippen LogP contribution in [0.4, 0.5) is 5.69 Å². The molecule has 4 heteroatoms. The molecular weight excluding hydrogens is 228 g/mol. The van der Waals surface area contributed by atoms with Crippen LogP contribution < -0.4 is 5.73 Å². The van der Waals surface area contributed by atoms with Crippen LogP contribution in [0.3, 0.4) is 0 Å². The summed E-state index contributed by atoms with van der Waals surface area (Å²) < 4.78 is 0. The Balaban J connectivity index is 2.01. The summed E-state index contributed by atoms with van der Waals surface area (Å²) in [6.07, 6.45) is 5.44. The first-order valence-electron chi connectivity index (χ1n) is 6.10. The van der Waals surface area contributed by atoms with E-state index in [1.54, 1.807) is 0 Å². The monoisotopic (exact) mass is 242 g/mol. The molecule has 0 aromatic heterocycles. The van der Waals surface area contributed by atoms with Crippen molar-refractivity contribution < 1.29 is 9.59 Å². The van der Waals surface area contributed by atoms with Gasteiger partial charge in [-0.05, 0) is 42.5 Å². The van der Waals surface area contributed by atoms with Crippen LogP contribution in [-0.4, -0.2) is 16.7 Å².